The topological polar surface area (TPSA) is 46.6 Å². The molecular formula is C24H15Br2Cl2NO3S. The highest BCUT2D eigenvalue weighted by atomic mass is 79.9. The molecule has 1 heterocycles. The zero-order valence-electron chi connectivity index (χ0n) is 16.9. The van der Waals surface area contributed by atoms with Crippen LogP contribution >= 0.6 is 66.8 Å². The van der Waals surface area contributed by atoms with E-state index < -0.39 is 0 Å². The summed E-state index contributed by atoms with van der Waals surface area (Å²) in [5.74, 6) is 0.286. The van der Waals surface area contributed by atoms with E-state index >= 15 is 0 Å². The third kappa shape index (κ3) is 5.84. The van der Waals surface area contributed by atoms with Crippen molar-refractivity contribution in [3.8, 4) is 5.75 Å². The quantitative estimate of drug-likeness (QED) is 0.258. The summed E-state index contributed by atoms with van der Waals surface area (Å²) in [6, 6.07) is 18.3. The summed E-state index contributed by atoms with van der Waals surface area (Å²) in [6.45, 7) is 0.501. The largest absolute Gasteiger partial charge is 0.487 e. The first-order valence-corrected chi connectivity index (χ1v) is 12.8. The van der Waals surface area contributed by atoms with Gasteiger partial charge in [0.25, 0.3) is 11.1 Å². The Hall–Kier alpha value is -1.77. The normalized spacial score (nSPS) is 14.9. The van der Waals surface area contributed by atoms with Gasteiger partial charge < -0.3 is 4.74 Å². The molecule has 0 spiro atoms. The average molecular weight is 628 g/mol. The predicted molar refractivity (Wildman–Crippen MR) is 141 cm³/mol. The summed E-state index contributed by atoms with van der Waals surface area (Å²) >= 11 is 20.1. The highest BCUT2D eigenvalue weighted by Gasteiger charge is 2.35. The van der Waals surface area contributed by atoms with Gasteiger partial charge in [0.2, 0.25) is 0 Å². The lowest BCUT2D eigenvalue weighted by molar-refractivity contribution is -0.123. The van der Waals surface area contributed by atoms with Crippen LogP contribution in [0.5, 0.6) is 5.75 Å². The third-order valence-corrected chi connectivity index (χ3v) is 7.48. The molecule has 1 aliphatic heterocycles. The number of halogens is 4. The van der Waals surface area contributed by atoms with Crippen molar-refractivity contribution >= 4 is 84.0 Å². The number of carbonyl (C=O) groups is 2. The highest BCUT2D eigenvalue weighted by Crippen LogP contribution is 2.38. The third-order valence-electron chi connectivity index (χ3n) is 4.77. The van der Waals surface area contributed by atoms with Crippen LogP contribution in [0, 0.1) is 0 Å². The zero-order chi connectivity index (χ0) is 23.5. The van der Waals surface area contributed by atoms with Crippen LogP contribution in [-0.2, 0) is 17.9 Å². The van der Waals surface area contributed by atoms with E-state index in [-0.39, 0.29) is 17.7 Å². The van der Waals surface area contributed by atoms with Crippen molar-refractivity contribution < 1.29 is 14.3 Å². The van der Waals surface area contributed by atoms with Crippen molar-refractivity contribution in [2.24, 2.45) is 0 Å². The molecule has 33 heavy (non-hydrogen) atoms. The van der Waals surface area contributed by atoms with Crippen LogP contribution in [0.2, 0.25) is 10.0 Å². The molecule has 3 aromatic rings. The summed E-state index contributed by atoms with van der Waals surface area (Å²) in [6.07, 6.45) is 1.69. The molecule has 168 valence electrons. The zero-order valence-corrected chi connectivity index (χ0v) is 22.4. The van der Waals surface area contributed by atoms with E-state index in [0.717, 1.165) is 28.5 Å². The molecule has 3 aromatic carbocycles. The van der Waals surface area contributed by atoms with Gasteiger partial charge in [-0.05, 0) is 96.7 Å². The van der Waals surface area contributed by atoms with E-state index in [1.54, 1.807) is 24.3 Å². The van der Waals surface area contributed by atoms with Gasteiger partial charge in [-0.3, -0.25) is 14.5 Å². The first-order valence-electron chi connectivity index (χ1n) is 9.67. The lowest BCUT2D eigenvalue weighted by Gasteiger charge is -2.13. The van der Waals surface area contributed by atoms with Crippen LogP contribution in [0.3, 0.4) is 0 Å². The van der Waals surface area contributed by atoms with Crippen LogP contribution in [0.15, 0.2) is 74.5 Å². The Morgan fingerprint density at radius 3 is 2.30 bits per heavy atom. The average Bonchev–Trinajstić information content (AvgIpc) is 3.03. The number of amides is 2. The molecule has 1 fully saturated rings. The molecule has 2 amide bonds. The van der Waals surface area contributed by atoms with Crippen LogP contribution < -0.4 is 4.74 Å². The molecule has 9 heteroatoms. The number of benzene rings is 3. The fourth-order valence-corrected chi connectivity index (χ4v) is 5.73. The second-order valence-electron chi connectivity index (χ2n) is 7.09. The summed E-state index contributed by atoms with van der Waals surface area (Å²) < 4.78 is 7.38. The van der Waals surface area contributed by atoms with E-state index in [2.05, 4.69) is 31.9 Å². The monoisotopic (exact) mass is 625 g/mol. The maximum absolute atomic E-state index is 12.9. The van der Waals surface area contributed by atoms with Crippen LogP contribution in [0.25, 0.3) is 6.08 Å². The van der Waals surface area contributed by atoms with E-state index in [0.29, 0.717) is 36.3 Å². The minimum absolute atomic E-state index is 0.131. The van der Waals surface area contributed by atoms with Gasteiger partial charge in [0.05, 0.1) is 20.4 Å². The van der Waals surface area contributed by atoms with E-state index in [4.69, 9.17) is 27.9 Å². The molecule has 0 saturated carbocycles. The van der Waals surface area contributed by atoms with Crippen molar-refractivity contribution in [3.05, 3.63) is 101 Å². The number of ether oxygens (including phenoxy) is 1. The number of nitrogens with zero attached hydrogens (tertiary/aromatic N) is 1. The Kier molecular flexibility index (Phi) is 7.87. The maximum atomic E-state index is 12.9. The van der Waals surface area contributed by atoms with Crippen LogP contribution in [-0.4, -0.2) is 16.0 Å². The predicted octanol–water partition coefficient (Wildman–Crippen LogP) is 8.33. The number of hydrogen-bond donors (Lipinski definition) is 0. The molecule has 0 N–H and O–H groups in total. The van der Waals surface area contributed by atoms with E-state index in [1.165, 1.54) is 4.90 Å². The van der Waals surface area contributed by atoms with Gasteiger partial charge in [-0.2, -0.15) is 0 Å². The minimum atomic E-state index is -0.347. The molecule has 4 rings (SSSR count). The smallest absolute Gasteiger partial charge is 0.293 e. The molecule has 0 aromatic heterocycles. The van der Waals surface area contributed by atoms with Crippen molar-refractivity contribution in [3.63, 3.8) is 0 Å². The molecular weight excluding hydrogens is 613 g/mol. The van der Waals surface area contributed by atoms with Crippen molar-refractivity contribution in [2.75, 3.05) is 0 Å². The van der Waals surface area contributed by atoms with E-state index in [1.807, 2.05) is 42.5 Å². The lowest BCUT2D eigenvalue weighted by atomic mass is 10.2. The molecule has 0 atom stereocenters. The molecule has 1 saturated heterocycles. The molecule has 0 radical (unpaired) electrons. The van der Waals surface area contributed by atoms with Gasteiger partial charge in [0.15, 0.2) is 0 Å². The second-order valence-corrected chi connectivity index (χ2v) is 10.6. The Labute approximate surface area is 222 Å². The molecule has 1 aliphatic rings. The van der Waals surface area contributed by atoms with Gasteiger partial charge in [0.1, 0.15) is 12.4 Å². The molecule has 0 unspecified atom stereocenters. The lowest BCUT2D eigenvalue weighted by Crippen LogP contribution is -2.27. The van der Waals surface area contributed by atoms with Gasteiger partial charge in [-0.25, -0.2) is 0 Å². The Balaban J connectivity index is 1.50. The molecule has 4 nitrogen and oxygen atoms in total. The number of carbonyl (C=O) groups excluding carboxylic acids is 2. The highest BCUT2D eigenvalue weighted by molar-refractivity contribution is 9.11. The maximum Gasteiger partial charge on any atom is 0.293 e. The Morgan fingerprint density at radius 1 is 0.970 bits per heavy atom. The second kappa shape index (κ2) is 10.7. The molecule has 0 aliphatic carbocycles. The minimum Gasteiger partial charge on any atom is -0.487 e. The van der Waals surface area contributed by atoms with E-state index in [9.17, 15) is 9.59 Å². The fourth-order valence-electron chi connectivity index (χ4n) is 3.12. The fraction of sp³-hybridized carbons (Fsp3) is 0.0833. The number of thioether (sulfide) groups is 1. The first-order chi connectivity index (χ1) is 15.8. The summed E-state index contributed by atoms with van der Waals surface area (Å²) in [5.41, 5.74) is 2.45. The number of hydrogen-bond acceptors (Lipinski definition) is 4. The summed E-state index contributed by atoms with van der Waals surface area (Å²) in [7, 11) is 0. The standard InChI is InChI=1S/C24H15Br2Cl2NO3S/c25-18-9-15(10-19(26)22(18)32-13-14-5-7-17(27)8-6-14)11-21-23(30)29(24(31)33-21)12-16-3-1-2-4-20(16)28/h1-11H,12-13H2/b21-11-. The summed E-state index contributed by atoms with van der Waals surface area (Å²) in [5, 5.41) is 0.858. The summed E-state index contributed by atoms with van der Waals surface area (Å²) in [4.78, 5) is 26.9. The molecule has 0 bridgehead atoms. The van der Waals surface area contributed by atoms with Crippen LogP contribution in [0.1, 0.15) is 16.7 Å². The van der Waals surface area contributed by atoms with Gasteiger partial charge in [-0.15, -0.1) is 0 Å². The van der Waals surface area contributed by atoms with Crippen molar-refractivity contribution in [2.45, 2.75) is 13.2 Å². The van der Waals surface area contributed by atoms with Gasteiger partial charge in [0, 0.05) is 10.0 Å². The van der Waals surface area contributed by atoms with Crippen LogP contribution in [0.4, 0.5) is 4.79 Å². The Bertz CT molecular complexity index is 1240. The van der Waals surface area contributed by atoms with Crippen molar-refractivity contribution in [1.29, 1.82) is 0 Å². The first kappa shape index (κ1) is 24.4. The van der Waals surface area contributed by atoms with Gasteiger partial charge in [-0.1, -0.05) is 53.5 Å². The Morgan fingerprint density at radius 2 is 1.64 bits per heavy atom. The SMILES string of the molecule is O=C1S/C(=C\c2cc(Br)c(OCc3ccc(Cl)cc3)c(Br)c2)C(=O)N1Cc1ccccc1Cl. The number of imide groups is 1. The number of rotatable bonds is 6. The van der Waals surface area contributed by atoms with Gasteiger partial charge >= 0.3 is 0 Å². The van der Waals surface area contributed by atoms with Crippen molar-refractivity contribution in [1.82, 2.24) is 4.90 Å².